The van der Waals surface area contributed by atoms with E-state index in [0.29, 0.717) is 18.5 Å². The Labute approximate surface area is 113 Å². The molecule has 0 saturated heterocycles. The van der Waals surface area contributed by atoms with Crippen LogP contribution in [0.3, 0.4) is 0 Å². The van der Waals surface area contributed by atoms with Gasteiger partial charge in [-0.3, -0.25) is 9.59 Å². The van der Waals surface area contributed by atoms with Crippen LogP contribution in [0.5, 0.6) is 0 Å². The first kappa shape index (κ1) is 15.3. The summed E-state index contributed by atoms with van der Waals surface area (Å²) < 4.78 is 5.27. The molecule has 0 fully saturated rings. The molecule has 5 heteroatoms. The van der Waals surface area contributed by atoms with Gasteiger partial charge in [0.2, 0.25) is 0 Å². The Bertz CT molecular complexity index is 411. The Morgan fingerprint density at radius 2 is 2.11 bits per heavy atom. The number of amides is 1. The van der Waals surface area contributed by atoms with Crippen LogP contribution in [0.15, 0.2) is 16.7 Å². The normalized spacial score (nSPS) is 10.4. The van der Waals surface area contributed by atoms with Crippen molar-refractivity contribution in [1.82, 2.24) is 5.32 Å². The summed E-state index contributed by atoms with van der Waals surface area (Å²) in [4.78, 5) is 22.2. The average Bonchev–Trinajstić information content (AvgIpc) is 2.81. The highest BCUT2D eigenvalue weighted by molar-refractivity contribution is 5.95. The van der Waals surface area contributed by atoms with E-state index in [0.717, 1.165) is 31.4 Å². The summed E-state index contributed by atoms with van der Waals surface area (Å²) in [5, 5.41) is 11.3. The number of nitrogens with one attached hydrogen (secondary N) is 1. The first-order valence-electron chi connectivity index (χ1n) is 6.71. The van der Waals surface area contributed by atoms with Gasteiger partial charge in [0, 0.05) is 19.4 Å². The fourth-order valence-electron chi connectivity index (χ4n) is 1.84. The Morgan fingerprint density at radius 1 is 1.32 bits per heavy atom. The van der Waals surface area contributed by atoms with Crippen molar-refractivity contribution in [2.75, 3.05) is 6.54 Å². The van der Waals surface area contributed by atoms with Gasteiger partial charge in [0.05, 0.1) is 11.8 Å². The van der Waals surface area contributed by atoms with Gasteiger partial charge in [-0.15, -0.1) is 0 Å². The van der Waals surface area contributed by atoms with E-state index in [1.54, 1.807) is 6.07 Å². The average molecular weight is 267 g/mol. The predicted molar refractivity (Wildman–Crippen MR) is 71.1 cm³/mol. The number of aliphatic carboxylic acids is 1. The van der Waals surface area contributed by atoms with E-state index in [1.807, 2.05) is 6.92 Å². The van der Waals surface area contributed by atoms with Crippen molar-refractivity contribution in [1.29, 1.82) is 0 Å². The SMILES string of the molecule is CCCc1occc1C(=O)NCCCCCC(=O)O. The van der Waals surface area contributed by atoms with Crippen LogP contribution in [0.4, 0.5) is 0 Å². The lowest BCUT2D eigenvalue weighted by Gasteiger charge is -2.04. The molecule has 1 heterocycles. The summed E-state index contributed by atoms with van der Waals surface area (Å²) in [5.41, 5.74) is 0.604. The molecule has 0 bridgehead atoms. The van der Waals surface area contributed by atoms with Gasteiger partial charge in [-0.1, -0.05) is 13.3 Å². The summed E-state index contributed by atoms with van der Waals surface area (Å²) in [6, 6.07) is 1.69. The molecule has 5 nitrogen and oxygen atoms in total. The maximum atomic E-state index is 11.9. The zero-order chi connectivity index (χ0) is 14.1. The van der Waals surface area contributed by atoms with E-state index in [4.69, 9.17) is 9.52 Å². The number of carbonyl (C=O) groups excluding carboxylic acids is 1. The fraction of sp³-hybridized carbons (Fsp3) is 0.571. The third kappa shape index (κ3) is 5.59. The molecule has 1 rings (SSSR count). The standard InChI is InChI=1S/C14H21NO4/c1-2-6-12-11(8-10-19-12)14(18)15-9-5-3-4-7-13(16)17/h8,10H,2-7,9H2,1H3,(H,15,18)(H,16,17). The molecule has 2 N–H and O–H groups in total. The first-order chi connectivity index (χ1) is 9.15. The Hall–Kier alpha value is -1.78. The molecule has 0 aromatic carbocycles. The minimum atomic E-state index is -0.772. The van der Waals surface area contributed by atoms with Crippen LogP contribution in [-0.2, 0) is 11.2 Å². The van der Waals surface area contributed by atoms with Crippen LogP contribution < -0.4 is 5.32 Å². The number of rotatable bonds is 9. The molecule has 1 aromatic heterocycles. The second-order valence-electron chi connectivity index (χ2n) is 4.47. The van der Waals surface area contributed by atoms with Crippen LogP contribution in [-0.4, -0.2) is 23.5 Å². The van der Waals surface area contributed by atoms with Gasteiger partial charge in [0.1, 0.15) is 5.76 Å². The molecule has 19 heavy (non-hydrogen) atoms. The lowest BCUT2D eigenvalue weighted by molar-refractivity contribution is -0.137. The summed E-state index contributed by atoms with van der Waals surface area (Å²) in [6.07, 6.45) is 5.66. The lowest BCUT2D eigenvalue weighted by atomic mass is 10.1. The number of unbranched alkanes of at least 4 members (excludes halogenated alkanes) is 2. The maximum Gasteiger partial charge on any atom is 0.303 e. The van der Waals surface area contributed by atoms with E-state index < -0.39 is 5.97 Å². The third-order valence-electron chi connectivity index (χ3n) is 2.82. The van der Waals surface area contributed by atoms with Gasteiger partial charge >= 0.3 is 5.97 Å². The van der Waals surface area contributed by atoms with Crippen LogP contribution in [0.1, 0.15) is 55.1 Å². The summed E-state index contributed by atoms with van der Waals surface area (Å²) in [6.45, 7) is 2.60. The van der Waals surface area contributed by atoms with Crippen molar-refractivity contribution in [3.63, 3.8) is 0 Å². The second-order valence-corrected chi connectivity index (χ2v) is 4.47. The van der Waals surface area contributed by atoms with E-state index >= 15 is 0 Å². The van der Waals surface area contributed by atoms with Gasteiger partial charge in [-0.2, -0.15) is 0 Å². The van der Waals surface area contributed by atoms with Gasteiger partial charge in [-0.05, 0) is 25.3 Å². The zero-order valence-corrected chi connectivity index (χ0v) is 11.3. The van der Waals surface area contributed by atoms with Crippen molar-refractivity contribution < 1.29 is 19.1 Å². The van der Waals surface area contributed by atoms with E-state index in [9.17, 15) is 9.59 Å². The highest BCUT2D eigenvalue weighted by Gasteiger charge is 2.12. The minimum Gasteiger partial charge on any atom is -0.481 e. The molecule has 1 amide bonds. The maximum absolute atomic E-state index is 11.9. The quantitative estimate of drug-likeness (QED) is 0.674. The molecular formula is C14H21NO4. The Balaban J connectivity index is 2.23. The number of hydrogen-bond acceptors (Lipinski definition) is 3. The van der Waals surface area contributed by atoms with Gasteiger partial charge < -0.3 is 14.8 Å². The summed E-state index contributed by atoms with van der Waals surface area (Å²) >= 11 is 0. The van der Waals surface area contributed by atoms with Crippen LogP contribution >= 0.6 is 0 Å². The molecule has 1 aromatic rings. The Kier molecular flexibility index (Phi) is 6.71. The van der Waals surface area contributed by atoms with E-state index in [2.05, 4.69) is 5.32 Å². The van der Waals surface area contributed by atoms with Gasteiger partial charge in [0.15, 0.2) is 0 Å². The molecule has 0 saturated carbocycles. The summed E-state index contributed by atoms with van der Waals surface area (Å²) in [7, 11) is 0. The van der Waals surface area contributed by atoms with Gasteiger partial charge in [0.25, 0.3) is 5.91 Å². The van der Waals surface area contributed by atoms with E-state index in [1.165, 1.54) is 6.26 Å². The summed E-state index contributed by atoms with van der Waals surface area (Å²) in [5.74, 6) is -0.159. The lowest BCUT2D eigenvalue weighted by Crippen LogP contribution is -2.24. The molecule has 0 aliphatic carbocycles. The number of aryl methyl sites for hydroxylation is 1. The van der Waals surface area contributed by atoms with E-state index in [-0.39, 0.29) is 12.3 Å². The molecule has 0 spiro atoms. The van der Waals surface area contributed by atoms with Crippen LogP contribution in [0, 0.1) is 0 Å². The number of hydrogen-bond donors (Lipinski definition) is 2. The first-order valence-corrected chi connectivity index (χ1v) is 6.71. The number of carbonyl (C=O) groups is 2. The zero-order valence-electron chi connectivity index (χ0n) is 11.3. The number of carboxylic acids is 1. The van der Waals surface area contributed by atoms with Crippen molar-refractivity contribution >= 4 is 11.9 Å². The molecule has 0 unspecified atom stereocenters. The van der Waals surface area contributed by atoms with Crippen molar-refractivity contribution in [3.05, 3.63) is 23.7 Å². The van der Waals surface area contributed by atoms with Crippen molar-refractivity contribution in [2.24, 2.45) is 0 Å². The Morgan fingerprint density at radius 3 is 2.79 bits per heavy atom. The highest BCUT2D eigenvalue weighted by Crippen LogP contribution is 2.12. The predicted octanol–water partition coefficient (Wildman–Crippen LogP) is 2.61. The number of carboxylic acid groups (broad SMARTS) is 1. The number of furan rings is 1. The third-order valence-corrected chi connectivity index (χ3v) is 2.82. The van der Waals surface area contributed by atoms with Crippen molar-refractivity contribution in [2.45, 2.75) is 45.4 Å². The highest BCUT2D eigenvalue weighted by atomic mass is 16.4. The molecule has 0 radical (unpaired) electrons. The molecule has 0 aliphatic heterocycles. The minimum absolute atomic E-state index is 0.115. The molecule has 0 aliphatic rings. The second kappa shape index (κ2) is 8.34. The monoisotopic (exact) mass is 267 g/mol. The molecule has 0 atom stereocenters. The topological polar surface area (TPSA) is 79.5 Å². The smallest absolute Gasteiger partial charge is 0.303 e. The van der Waals surface area contributed by atoms with Crippen LogP contribution in [0.25, 0.3) is 0 Å². The van der Waals surface area contributed by atoms with Gasteiger partial charge in [-0.25, -0.2) is 0 Å². The largest absolute Gasteiger partial charge is 0.481 e. The molecular weight excluding hydrogens is 246 g/mol. The fourth-order valence-corrected chi connectivity index (χ4v) is 1.84. The van der Waals surface area contributed by atoms with Crippen molar-refractivity contribution in [3.8, 4) is 0 Å². The van der Waals surface area contributed by atoms with Crippen LogP contribution in [0.2, 0.25) is 0 Å². The molecule has 106 valence electrons.